The fourth-order valence-electron chi connectivity index (χ4n) is 2.90. The Bertz CT molecular complexity index is 609. The number of urea groups is 1. The number of carbonyl (C=O) groups is 2. The van der Waals surface area contributed by atoms with E-state index in [2.05, 4.69) is 33.0 Å². The van der Waals surface area contributed by atoms with Crippen molar-refractivity contribution < 1.29 is 9.59 Å². The first-order chi connectivity index (χ1) is 10.1. The molecule has 3 amide bonds. The number of hydrazone groups is 1. The van der Waals surface area contributed by atoms with E-state index < -0.39 is 11.6 Å². The third-order valence-corrected chi connectivity index (χ3v) is 5.05. The maximum atomic E-state index is 12.5. The van der Waals surface area contributed by atoms with Gasteiger partial charge in [0.15, 0.2) is 0 Å². The van der Waals surface area contributed by atoms with Crippen molar-refractivity contribution in [2.75, 3.05) is 0 Å². The van der Waals surface area contributed by atoms with Crippen molar-refractivity contribution in [3.05, 3.63) is 33.4 Å². The van der Waals surface area contributed by atoms with Crippen LogP contribution in [-0.4, -0.2) is 28.7 Å². The summed E-state index contributed by atoms with van der Waals surface area (Å²) in [6.07, 6.45) is 6.07. The predicted molar refractivity (Wildman–Crippen MR) is 87.9 cm³/mol. The van der Waals surface area contributed by atoms with Gasteiger partial charge in [0, 0.05) is 9.13 Å². The number of benzene rings is 1. The Morgan fingerprint density at radius 3 is 2.62 bits per heavy atom. The first kappa shape index (κ1) is 14.5. The Labute approximate surface area is 136 Å². The molecule has 21 heavy (non-hydrogen) atoms. The average Bonchev–Trinajstić information content (AvgIpc) is 2.70. The molecule has 1 saturated carbocycles. The van der Waals surface area contributed by atoms with Crippen molar-refractivity contribution in [2.24, 2.45) is 5.10 Å². The molecular formula is C15H16IN3O2. The number of nitrogens with one attached hydrogen (secondary N) is 1. The average molecular weight is 397 g/mol. The van der Waals surface area contributed by atoms with Gasteiger partial charge < -0.3 is 5.32 Å². The van der Waals surface area contributed by atoms with E-state index >= 15 is 0 Å². The standard InChI is InChI=1S/C15H16IN3O2/c16-12-7-3-2-6-11(12)10-17-19-13(20)15(18-14(19)21)8-4-1-5-9-15/h2-3,6-7,10H,1,4-5,8-9H2,(H,18,21). The summed E-state index contributed by atoms with van der Waals surface area (Å²) in [5.41, 5.74) is 0.180. The fourth-order valence-corrected chi connectivity index (χ4v) is 3.43. The lowest BCUT2D eigenvalue weighted by Crippen LogP contribution is -2.48. The molecule has 1 aromatic carbocycles. The summed E-state index contributed by atoms with van der Waals surface area (Å²) in [5, 5.41) is 7.93. The minimum Gasteiger partial charge on any atom is -0.321 e. The summed E-state index contributed by atoms with van der Waals surface area (Å²) in [5.74, 6) is -0.214. The van der Waals surface area contributed by atoms with Gasteiger partial charge in [-0.3, -0.25) is 4.79 Å². The van der Waals surface area contributed by atoms with E-state index in [1.807, 2.05) is 24.3 Å². The molecule has 1 aliphatic heterocycles. The smallest absolute Gasteiger partial charge is 0.321 e. The number of halogens is 1. The topological polar surface area (TPSA) is 61.8 Å². The first-order valence-electron chi connectivity index (χ1n) is 7.08. The highest BCUT2D eigenvalue weighted by Crippen LogP contribution is 2.33. The van der Waals surface area contributed by atoms with Crippen molar-refractivity contribution >= 4 is 40.7 Å². The van der Waals surface area contributed by atoms with Gasteiger partial charge in [0.1, 0.15) is 5.54 Å². The Balaban J connectivity index is 1.81. The van der Waals surface area contributed by atoms with E-state index in [0.717, 1.165) is 33.4 Å². The minimum atomic E-state index is -0.712. The van der Waals surface area contributed by atoms with Crippen LogP contribution in [0.2, 0.25) is 0 Å². The van der Waals surface area contributed by atoms with Crippen molar-refractivity contribution in [2.45, 2.75) is 37.6 Å². The molecule has 2 aliphatic rings. The molecule has 1 N–H and O–H groups in total. The number of rotatable bonds is 2. The summed E-state index contributed by atoms with van der Waals surface area (Å²) in [6, 6.07) is 7.28. The van der Waals surface area contributed by atoms with Gasteiger partial charge in [0.25, 0.3) is 5.91 Å². The number of hydrogen-bond donors (Lipinski definition) is 1. The number of nitrogens with zero attached hydrogens (tertiary/aromatic N) is 2. The predicted octanol–water partition coefficient (Wildman–Crippen LogP) is 2.88. The largest absolute Gasteiger partial charge is 0.346 e. The fraction of sp³-hybridized carbons (Fsp3) is 0.400. The number of imide groups is 1. The zero-order valence-electron chi connectivity index (χ0n) is 11.5. The summed E-state index contributed by atoms with van der Waals surface area (Å²) < 4.78 is 1.03. The molecule has 1 spiro atoms. The van der Waals surface area contributed by atoms with Crippen LogP contribution in [-0.2, 0) is 4.79 Å². The zero-order valence-corrected chi connectivity index (χ0v) is 13.7. The van der Waals surface area contributed by atoms with Gasteiger partial charge in [-0.25, -0.2) is 4.79 Å². The highest BCUT2D eigenvalue weighted by molar-refractivity contribution is 14.1. The van der Waals surface area contributed by atoms with E-state index in [4.69, 9.17) is 0 Å². The molecule has 1 heterocycles. The highest BCUT2D eigenvalue weighted by atomic mass is 127. The quantitative estimate of drug-likeness (QED) is 0.474. The molecule has 1 aromatic rings. The van der Waals surface area contributed by atoms with Gasteiger partial charge in [0.2, 0.25) is 0 Å². The van der Waals surface area contributed by atoms with Crippen LogP contribution < -0.4 is 5.32 Å². The molecule has 0 aromatic heterocycles. The highest BCUT2D eigenvalue weighted by Gasteiger charge is 2.51. The SMILES string of the molecule is O=C1NC2(CCCCC2)C(=O)N1N=Cc1ccccc1I. The molecule has 1 saturated heterocycles. The van der Waals surface area contributed by atoms with Crippen molar-refractivity contribution in [3.8, 4) is 0 Å². The summed E-state index contributed by atoms with van der Waals surface area (Å²) in [7, 11) is 0. The molecule has 110 valence electrons. The van der Waals surface area contributed by atoms with Crippen LogP contribution in [0.4, 0.5) is 4.79 Å². The molecule has 0 unspecified atom stereocenters. The Morgan fingerprint density at radius 1 is 1.19 bits per heavy atom. The van der Waals surface area contributed by atoms with Crippen LogP contribution in [0.1, 0.15) is 37.7 Å². The van der Waals surface area contributed by atoms with Gasteiger partial charge in [-0.2, -0.15) is 5.10 Å². The van der Waals surface area contributed by atoms with Gasteiger partial charge >= 0.3 is 6.03 Å². The van der Waals surface area contributed by atoms with Crippen LogP contribution in [0.3, 0.4) is 0 Å². The molecule has 1 aliphatic carbocycles. The van der Waals surface area contributed by atoms with Gasteiger partial charge in [-0.05, 0) is 41.5 Å². The zero-order chi connectivity index (χ0) is 14.9. The van der Waals surface area contributed by atoms with E-state index in [1.54, 1.807) is 6.21 Å². The number of hydrogen-bond acceptors (Lipinski definition) is 3. The maximum Gasteiger partial charge on any atom is 0.346 e. The van der Waals surface area contributed by atoms with Crippen LogP contribution in [0, 0.1) is 3.57 Å². The Hall–Kier alpha value is -1.44. The molecule has 0 atom stereocenters. The van der Waals surface area contributed by atoms with Crippen LogP contribution in [0.25, 0.3) is 0 Å². The second-order valence-electron chi connectivity index (χ2n) is 5.46. The summed E-state index contributed by atoms with van der Waals surface area (Å²) in [6.45, 7) is 0. The van der Waals surface area contributed by atoms with Crippen LogP contribution in [0.5, 0.6) is 0 Å². The number of amides is 3. The molecule has 2 fully saturated rings. The Morgan fingerprint density at radius 2 is 1.90 bits per heavy atom. The normalized spacial score (nSPS) is 21.3. The lowest BCUT2D eigenvalue weighted by atomic mass is 9.82. The maximum absolute atomic E-state index is 12.5. The third kappa shape index (κ3) is 2.68. The van der Waals surface area contributed by atoms with Gasteiger partial charge in [0.05, 0.1) is 6.21 Å². The van der Waals surface area contributed by atoms with E-state index in [-0.39, 0.29) is 5.91 Å². The lowest BCUT2D eigenvalue weighted by molar-refractivity contribution is -0.132. The Kier molecular flexibility index (Phi) is 3.97. The second-order valence-corrected chi connectivity index (χ2v) is 6.62. The minimum absolute atomic E-state index is 0.214. The summed E-state index contributed by atoms with van der Waals surface area (Å²) in [4.78, 5) is 24.6. The monoisotopic (exact) mass is 397 g/mol. The molecule has 0 bridgehead atoms. The van der Waals surface area contributed by atoms with E-state index in [0.29, 0.717) is 12.8 Å². The first-order valence-corrected chi connectivity index (χ1v) is 8.15. The van der Waals surface area contributed by atoms with Gasteiger partial charge in [-0.1, -0.05) is 37.5 Å². The number of carbonyl (C=O) groups excluding carboxylic acids is 2. The van der Waals surface area contributed by atoms with E-state index in [9.17, 15) is 9.59 Å². The van der Waals surface area contributed by atoms with Crippen molar-refractivity contribution in [1.29, 1.82) is 0 Å². The molecule has 0 radical (unpaired) electrons. The van der Waals surface area contributed by atoms with Crippen LogP contribution >= 0.6 is 22.6 Å². The second kappa shape index (κ2) is 5.75. The van der Waals surface area contributed by atoms with Crippen molar-refractivity contribution in [1.82, 2.24) is 10.3 Å². The van der Waals surface area contributed by atoms with Crippen LogP contribution in [0.15, 0.2) is 29.4 Å². The molecular weight excluding hydrogens is 381 g/mol. The third-order valence-electron chi connectivity index (χ3n) is 4.06. The summed E-state index contributed by atoms with van der Waals surface area (Å²) >= 11 is 2.20. The lowest BCUT2D eigenvalue weighted by Gasteiger charge is -2.29. The molecule has 6 heteroatoms. The molecule has 3 rings (SSSR count). The molecule has 5 nitrogen and oxygen atoms in total. The van der Waals surface area contributed by atoms with Gasteiger partial charge in [-0.15, -0.1) is 5.01 Å². The van der Waals surface area contributed by atoms with E-state index in [1.165, 1.54) is 0 Å². The van der Waals surface area contributed by atoms with Crippen molar-refractivity contribution in [3.63, 3.8) is 0 Å².